The molecule has 11 aromatic carbocycles. The highest BCUT2D eigenvalue weighted by Crippen LogP contribution is 2.67. The van der Waals surface area contributed by atoms with Gasteiger partial charge < -0.3 is 0 Å². The zero-order valence-electron chi connectivity index (χ0n) is 38.0. The van der Waals surface area contributed by atoms with Crippen molar-refractivity contribution in [2.24, 2.45) is 0 Å². The largest absolute Gasteiger partial charge is 0.208 e. The molecule has 3 aliphatic carbocycles. The van der Waals surface area contributed by atoms with Crippen molar-refractivity contribution in [1.82, 2.24) is 15.0 Å². The standard InChI is InChI=1S/C67H41N3/c1-2-19-43(20-3-1)63-68-64(46-37-38-49-44(40-46)35-34-42-18-4-5-21-47(42)49)70-65(69-63)54-26-7-6-22-48(54)45-36-39-53-52-25-10-13-29-57(52)67(62(53)41-45)60-32-16-14-30-58(60)66(59-31-15-17-33-61(59)67)55-27-11-8-23-50(55)51-24-9-12-28-56(51)66/h1-41H. The average molecular weight is 888 g/mol. The van der Waals surface area contributed by atoms with Gasteiger partial charge in [0, 0.05) is 16.7 Å². The zero-order valence-corrected chi connectivity index (χ0v) is 38.0. The third kappa shape index (κ3) is 5.21. The average Bonchev–Trinajstić information content (AvgIpc) is 3.90. The molecule has 2 spiro atoms. The number of fused-ring (bicyclic) bond motifs is 19. The van der Waals surface area contributed by atoms with E-state index in [9.17, 15) is 0 Å². The Morgan fingerprint density at radius 2 is 0.629 bits per heavy atom. The van der Waals surface area contributed by atoms with Crippen LogP contribution in [0.15, 0.2) is 249 Å². The van der Waals surface area contributed by atoms with Gasteiger partial charge in [-0.25, -0.2) is 15.0 Å². The molecule has 3 heteroatoms. The highest BCUT2D eigenvalue weighted by atomic mass is 15.0. The Balaban J connectivity index is 0.956. The van der Waals surface area contributed by atoms with Gasteiger partial charge in [0.15, 0.2) is 17.5 Å². The molecule has 0 N–H and O–H groups in total. The van der Waals surface area contributed by atoms with Gasteiger partial charge in [-0.3, -0.25) is 0 Å². The van der Waals surface area contributed by atoms with Crippen LogP contribution >= 0.6 is 0 Å². The van der Waals surface area contributed by atoms with Crippen molar-refractivity contribution >= 4 is 21.5 Å². The summed E-state index contributed by atoms with van der Waals surface area (Å²) in [5.74, 6) is 1.90. The van der Waals surface area contributed by atoms with E-state index in [2.05, 4.69) is 231 Å². The lowest BCUT2D eigenvalue weighted by Gasteiger charge is -2.48. The van der Waals surface area contributed by atoms with Gasteiger partial charge in [0.1, 0.15) is 0 Å². The molecule has 0 fully saturated rings. The molecule has 0 aliphatic heterocycles. The van der Waals surface area contributed by atoms with E-state index in [-0.39, 0.29) is 0 Å². The van der Waals surface area contributed by atoms with E-state index in [1.54, 1.807) is 0 Å². The summed E-state index contributed by atoms with van der Waals surface area (Å²) in [4.78, 5) is 15.8. The summed E-state index contributed by atoms with van der Waals surface area (Å²) in [6.07, 6.45) is 0. The van der Waals surface area contributed by atoms with E-state index in [0.29, 0.717) is 17.5 Å². The highest BCUT2D eigenvalue weighted by Gasteiger charge is 2.58. The molecule has 0 amide bonds. The number of nitrogens with zero attached hydrogens (tertiary/aromatic N) is 3. The second kappa shape index (κ2) is 14.7. The van der Waals surface area contributed by atoms with Gasteiger partial charge in [-0.05, 0) is 112 Å². The molecule has 15 rings (SSSR count). The molecule has 0 unspecified atom stereocenters. The van der Waals surface area contributed by atoms with Crippen LogP contribution in [0.1, 0.15) is 44.5 Å². The minimum atomic E-state index is -0.607. The maximum atomic E-state index is 5.36. The molecule has 70 heavy (non-hydrogen) atoms. The van der Waals surface area contributed by atoms with E-state index < -0.39 is 10.8 Å². The maximum Gasteiger partial charge on any atom is 0.164 e. The normalized spacial score (nSPS) is 13.9. The molecular weight excluding hydrogens is 847 g/mol. The molecule has 0 bridgehead atoms. The second-order valence-corrected chi connectivity index (χ2v) is 18.9. The Morgan fingerprint density at radius 1 is 0.214 bits per heavy atom. The molecular formula is C67H41N3. The quantitative estimate of drug-likeness (QED) is 0.165. The predicted octanol–water partition coefficient (Wildman–Crippen LogP) is 15.9. The lowest BCUT2D eigenvalue weighted by molar-refractivity contribution is 0.633. The Hall–Kier alpha value is -9.05. The number of rotatable bonds is 4. The monoisotopic (exact) mass is 887 g/mol. The SMILES string of the molecule is c1ccc(-c2nc(-c3ccc4c(ccc5ccccc54)c3)nc(-c3ccccc3-c3ccc4c(c3)C3(c5ccccc5-4)c4ccccc4C4(c5ccccc5-c5ccccc54)c4ccccc43)n2)cc1. The number of benzene rings is 11. The molecule has 324 valence electrons. The van der Waals surface area contributed by atoms with Crippen molar-refractivity contribution in [2.75, 3.05) is 0 Å². The van der Waals surface area contributed by atoms with Crippen LogP contribution in [0.3, 0.4) is 0 Å². The minimum Gasteiger partial charge on any atom is -0.208 e. The van der Waals surface area contributed by atoms with Crippen LogP contribution in [0.4, 0.5) is 0 Å². The lowest BCUT2D eigenvalue weighted by Crippen LogP contribution is -2.43. The van der Waals surface area contributed by atoms with E-state index in [1.165, 1.54) is 82.9 Å². The molecule has 0 saturated heterocycles. The second-order valence-electron chi connectivity index (χ2n) is 18.9. The lowest BCUT2D eigenvalue weighted by atomic mass is 9.52. The van der Waals surface area contributed by atoms with Gasteiger partial charge in [-0.2, -0.15) is 0 Å². The van der Waals surface area contributed by atoms with Crippen molar-refractivity contribution < 1.29 is 0 Å². The third-order valence-electron chi connectivity index (χ3n) is 15.6. The predicted molar refractivity (Wildman–Crippen MR) is 285 cm³/mol. The summed E-state index contributed by atoms with van der Waals surface area (Å²) in [6.45, 7) is 0. The minimum absolute atomic E-state index is 0.501. The smallest absolute Gasteiger partial charge is 0.164 e. The summed E-state index contributed by atoms with van der Waals surface area (Å²) >= 11 is 0. The van der Waals surface area contributed by atoms with Crippen LogP contribution in [-0.2, 0) is 10.8 Å². The van der Waals surface area contributed by atoms with Gasteiger partial charge in [0.25, 0.3) is 0 Å². The van der Waals surface area contributed by atoms with E-state index in [0.717, 1.165) is 33.2 Å². The third-order valence-corrected chi connectivity index (χ3v) is 15.6. The van der Waals surface area contributed by atoms with Crippen molar-refractivity contribution in [3.8, 4) is 67.5 Å². The summed E-state index contributed by atoms with van der Waals surface area (Å²) in [5.41, 5.74) is 19.6. The van der Waals surface area contributed by atoms with Crippen LogP contribution < -0.4 is 0 Å². The Labute approximate surface area is 406 Å². The Morgan fingerprint density at radius 3 is 1.24 bits per heavy atom. The zero-order chi connectivity index (χ0) is 46.0. The van der Waals surface area contributed by atoms with Crippen LogP contribution in [0.2, 0.25) is 0 Å². The van der Waals surface area contributed by atoms with Crippen molar-refractivity contribution in [1.29, 1.82) is 0 Å². The van der Waals surface area contributed by atoms with E-state index >= 15 is 0 Å². The maximum absolute atomic E-state index is 5.36. The topological polar surface area (TPSA) is 38.7 Å². The fourth-order valence-corrected chi connectivity index (χ4v) is 12.8. The van der Waals surface area contributed by atoms with Gasteiger partial charge in [-0.1, -0.05) is 237 Å². The summed E-state index contributed by atoms with van der Waals surface area (Å²) in [6, 6.07) is 91.4. The number of hydrogen-bond acceptors (Lipinski definition) is 3. The van der Waals surface area contributed by atoms with E-state index in [1.807, 2.05) is 18.2 Å². The fourth-order valence-electron chi connectivity index (χ4n) is 12.8. The molecule has 3 aliphatic rings. The molecule has 0 radical (unpaired) electrons. The Kier molecular flexibility index (Phi) is 8.20. The summed E-state index contributed by atoms with van der Waals surface area (Å²) < 4.78 is 0. The van der Waals surface area contributed by atoms with Crippen molar-refractivity contribution in [3.63, 3.8) is 0 Å². The van der Waals surface area contributed by atoms with Gasteiger partial charge in [0.2, 0.25) is 0 Å². The summed E-state index contributed by atoms with van der Waals surface area (Å²) in [7, 11) is 0. The van der Waals surface area contributed by atoms with E-state index in [4.69, 9.17) is 15.0 Å². The molecule has 1 heterocycles. The van der Waals surface area contributed by atoms with Crippen LogP contribution in [0, 0.1) is 0 Å². The Bertz CT molecular complexity index is 4050. The van der Waals surface area contributed by atoms with Gasteiger partial charge >= 0.3 is 0 Å². The first-order valence-electron chi connectivity index (χ1n) is 24.2. The van der Waals surface area contributed by atoms with Gasteiger partial charge in [0.05, 0.1) is 10.8 Å². The highest BCUT2D eigenvalue weighted by molar-refractivity contribution is 6.08. The first-order valence-corrected chi connectivity index (χ1v) is 24.2. The van der Waals surface area contributed by atoms with Crippen LogP contribution in [0.25, 0.3) is 89.1 Å². The molecule has 0 atom stereocenters. The first kappa shape index (κ1) is 39.0. The van der Waals surface area contributed by atoms with Crippen LogP contribution in [-0.4, -0.2) is 15.0 Å². The number of hydrogen-bond donors (Lipinski definition) is 0. The fraction of sp³-hybridized carbons (Fsp3) is 0.0299. The first-order chi connectivity index (χ1) is 34.7. The molecule has 0 saturated carbocycles. The molecule has 12 aromatic rings. The van der Waals surface area contributed by atoms with Gasteiger partial charge in [-0.15, -0.1) is 0 Å². The van der Waals surface area contributed by atoms with Crippen LogP contribution in [0.5, 0.6) is 0 Å². The summed E-state index contributed by atoms with van der Waals surface area (Å²) in [5, 5.41) is 4.80. The van der Waals surface area contributed by atoms with Crippen molar-refractivity contribution in [2.45, 2.75) is 10.8 Å². The molecule has 3 nitrogen and oxygen atoms in total. The number of aromatic nitrogens is 3. The van der Waals surface area contributed by atoms with Crippen molar-refractivity contribution in [3.05, 3.63) is 293 Å². The molecule has 1 aromatic heterocycles.